The molecule has 1 amide bonds. The zero-order chi connectivity index (χ0) is 21.2. The molecule has 0 radical (unpaired) electrons. The van der Waals surface area contributed by atoms with Gasteiger partial charge in [0.1, 0.15) is 12.5 Å². The van der Waals surface area contributed by atoms with Crippen LogP contribution in [-0.2, 0) is 4.79 Å². The maximum Gasteiger partial charge on any atom is 0.228 e. The molecule has 30 heavy (non-hydrogen) atoms. The molecule has 162 valence electrons. The summed E-state index contributed by atoms with van der Waals surface area (Å²) in [5, 5.41) is 11.1. The van der Waals surface area contributed by atoms with Crippen molar-refractivity contribution in [3.8, 4) is 0 Å². The quantitative estimate of drug-likeness (QED) is 0.818. The molecule has 0 aromatic heterocycles. The molecule has 2 fully saturated rings. The SMILES string of the molecule is CC1(C(=O)N2CCC(O)(CN3C=CC(c4ccccc4F)=NC3)CC2)CCCCC1. The topological polar surface area (TPSA) is 56.1 Å². The van der Waals surface area contributed by atoms with Gasteiger partial charge in [0.15, 0.2) is 0 Å². The second-order valence-electron chi connectivity index (χ2n) is 9.37. The van der Waals surface area contributed by atoms with Crippen LogP contribution in [0.5, 0.6) is 0 Å². The third-order valence-electron chi connectivity index (χ3n) is 6.97. The number of aliphatic imine (C=N–C) groups is 1. The van der Waals surface area contributed by atoms with Crippen LogP contribution in [-0.4, -0.2) is 58.4 Å². The fourth-order valence-electron chi connectivity index (χ4n) is 4.98. The van der Waals surface area contributed by atoms with E-state index in [0.29, 0.717) is 50.4 Å². The summed E-state index contributed by atoms with van der Waals surface area (Å²) in [6, 6.07) is 6.62. The Morgan fingerprint density at radius 1 is 1.13 bits per heavy atom. The molecule has 1 N–H and O–H groups in total. The first kappa shape index (κ1) is 21.0. The Hall–Kier alpha value is -2.21. The smallest absolute Gasteiger partial charge is 0.228 e. The van der Waals surface area contributed by atoms with Crippen molar-refractivity contribution in [2.75, 3.05) is 26.3 Å². The molecule has 0 bridgehead atoms. The zero-order valence-electron chi connectivity index (χ0n) is 17.8. The van der Waals surface area contributed by atoms with Crippen LogP contribution < -0.4 is 0 Å². The molecule has 1 aliphatic carbocycles. The molecule has 1 aromatic carbocycles. The summed E-state index contributed by atoms with van der Waals surface area (Å²) in [4.78, 5) is 21.5. The number of rotatable bonds is 4. The standard InChI is InChI=1S/C24H32FN3O2/c1-23(10-5-2-6-11-23)22(29)28-15-12-24(30,13-16-28)17-27-14-9-21(26-18-27)19-7-3-4-8-20(19)25/h3-4,7-9,14,30H,2,5-6,10-13,15-18H2,1H3. The van der Waals surface area contributed by atoms with E-state index >= 15 is 0 Å². The Labute approximate surface area is 178 Å². The Morgan fingerprint density at radius 2 is 1.83 bits per heavy atom. The van der Waals surface area contributed by atoms with Crippen molar-refractivity contribution in [3.63, 3.8) is 0 Å². The molecule has 1 aromatic rings. The number of allylic oxidation sites excluding steroid dienone is 1. The second kappa shape index (κ2) is 8.50. The summed E-state index contributed by atoms with van der Waals surface area (Å²) in [5.41, 5.74) is 0.0634. The molecule has 3 aliphatic rings. The Morgan fingerprint density at radius 3 is 2.47 bits per heavy atom. The van der Waals surface area contributed by atoms with Crippen molar-refractivity contribution in [1.82, 2.24) is 9.80 Å². The third-order valence-corrected chi connectivity index (χ3v) is 6.97. The number of aliphatic hydroxyl groups is 1. The monoisotopic (exact) mass is 413 g/mol. The number of carbonyl (C=O) groups is 1. The van der Waals surface area contributed by atoms with Crippen molar-refractivity contribution in [2.24, 2.45) is 10.4 Å². The summed E-state index contributed by atoms with van der Waals surface area (Å²) in [6.07, 6.45) is 10.3. The molecule has 0 spiro atoms. The minimum Gasteiger partial charge on any atom is -0.388 e. The van der Waals surface area contributed by atoms with Crippen LogP contribution >= 0.6 is 0 Å². The Balaban J connectivity index is 1.31. The highest BCUT2D eigenvalue weighted by molar-refractivity contribution is 6.09. The number of likely N-dealkylation sites (tertiary alicyclic amines) is 1. The predicted molar refractivity (Wildman–Crippen MR) is 116 cm³/mol. The highest BCUT2D eigenvalue weighted by atomic mass is 19.1. The van der Waals surface area contributed by atoms with Crippen molar-refractivity contribution < 1.29 is 14.3 Å². The van der Waals surface area contributed by atoms with Crippen LogP contribution in [0, 0.1) is 11.2 Å². The molecule has 1 saturated carbocycles. The van der Waals surface area contributed by atoms with Crippen LogP contribution in [0.2, 0.25) is 0 Å². The van der Waals surface area contributed by atoms with Gasteiger partial charge in [-0.05, 0) is 43.9 Å². The zero-order valence-corrected chi connectivity index (χ0v) is 17.8. The highest BCUT2D eigenvalue weighted by Gasteiger charge is 2.41. The van der Waals surface area contributed by atoms with E-state index in [0.717, 1.165) is 25.7 Å². The second-order valence-corrected chi connectivity index (χ2v) is 9.37. The summed E-state index contributed by atoms with van der Waals surface area (Å²) in [5.74, 6) is -0.0158. The molecule has 2 heterocycles. The van der Waals surface area contributed by atoms with E-state index in [9.17, 15) is 14.3 Å². The van der Waals surface area contributed by atoms with Gasteiger partial charge in [-0.15, -0.1) is 0 Å². The molecule has 0 atom stereocenters. The maximum absolute atomic E-state index is 14.0. The van der Waals surface area contributed by atoms with Gasteiger partial charge in [0.2, 0.25) is 5.91 Å². The van der Waals surface area contributed by atoms with Gasteiger partial charge < -0.3 is 14.9 Å². The highest BCUT2D eigenvalue weighted by Crippen LogP contribution is 2.38. The number of hydrogen-bond donors (Lipinski definition) is 1. The van der Waals surface area contributed by atoms with Crippen LogP contribution in [0.1, 0.15) is 57.4 Å². The average molecular weight is 414 g/mol. The molecule has 5 nitrogen and oxygen atoms in total. The number of piperidine rings is 1. The first-order valence-corrected chi connectivity index (χ1v) is 11.1. The van der Waals surface area contributed by atoms with E-state index < -0.39 is 5.60 Å². The molecular formula is C24H32FN3O2. The van der Waals surface area contributed by atoms with E-state index in [1.807, 2.05) is 16.0 Å². The predicted octanol–water partition coefficient (Wildman–Crippen LogP) is 3.73. The van der Waals surface area contributed by atoms with E-state index in [4.69, 9.17) is 0 Å². The van der Waals surface area contributed by atoms with Crippen molar-refractivity contribution in [3.05, 3.63) is 47.9 Å². The number of β-amino-alcohol motifs (C(OH)–C–C–N with tert-alkyl or cyclic N) is 1. The first-order chi connectivity index (χ1) is 14.4. The van der Waals surface area contributed by atoms with Crippen LogP contribution in [0.15, 0.2) is 41.5 Å². The molecule has 2 aliphatic heterocycles. The largest absolute Gasteiger partial charge is 0.388 e. The van der Waals surface area contributed by atoms with Crippen molar-refractivity contribution in [2.45, 2.75) is 57.5 Å². The molecule has 4 rings (SSSR count). The molecule has 6 heteroatoms. The lowest BCUT2D eigenvalue weighted by atomic mass is 9.74. The number of halogens is 1. The summed E-state index contributed by atoms with van der Waals surface area (Å²) in [6.45, 7) is 4.18. The number of carbonyl (C=O) groups excluding carboxylic acids is 1. The van der Waals surface area contributed by atoms with Gasteiger partial charge in [0.05, 0.1) is 11.3 Å². The third kappa shape index (κ3) is 4.43. The minimum absolute atomic E-state index is 0.221. The summed E-state index contributed by atoms with van der Waals surface area (Å²) in [7, 11) is 0. The Kier molecular flexibility index (Phi) is 5.96. The molecule has 1 saturated heterocycles. The number of nitrogens with zero attached hydrogens (tertiary/aromatic N) is 3. The Bertz CT molecular complexity index is 837. The van der Waals surface area contributed by atoms with E-state index in [1.54, 1.807) is 24.3 Å². The van der Waals surface area contributed by atoms with Crippen molar-refractivity contribution in [1.29, 1.82) is 0 Å². The van der Waals surface area contributed by atoms with Gasteiger partial charge in [0.25, 0.3) is 0 Å². The minimum atomic E-state index is -0.834. The van der Waals surface area contributed by atoms with Gasteiger partial charge in [0, 0.05) is 36.8 Å². The van der Waals surface area contributed by atoms with Gasteiger partial charge >= 0.3 is 0 Å². The van der Waals surface area contributed by atoms with Gasteiger partial charge in [-0.25, -0.2) is 4.39 Å². The maximum atomic E-state index is 14.0. The van der Waals surface area contributed by atoms with Crippen LogP contribution in [0.4, 0.5) is 4.39 Å². The fraction of sp³-hybridized carbons (Fsp3) is 0.583. The molecule has 0 unspecified atom stereocenters. The van der Waals surface area contributed by atoms with E-state index in [1.165, 1.54) is 12.5 Å². The lowest BCUT2D eigenvalue weighted by Gasteiger charge is -2.44. The molecular weight excluding hydrogens is 381 g/mol. The number of hydrogen-bond acceptors (Lipinski definition) is 4. The fourth-order valence-corrected chi connectivity index (χ4v) is 4.98. The van der Waals surface area contributed by atoms with Gasteiger partial charge in [-0.2, -0.15) is 0 Å². The average Bonchev–Trinajstić information content (AvgIpc) is 2.75. The first-order valence-electron chi connectivity index (χ1n) is 11.1. The van der Waals surface area contributed by atoms with E-state index in [-0.39, 0.29) is 17.1 Å². The normalized spacial score (nSPS) is 23.2. The van der Waals surface area contributed by atoms with Gasteiger partial charge in [-0.3, -0.25) is 9.79 Å². The lowest BCUT2D eigenvalue weighted by Crippen LogP contribution is -2.54. The van der Waals surface area contributed by atoms with E-state index in [2.05, 4.69) is 11.9 Å². The van der Waals surface area contributed by atoms with Crippen LogP contribution in [0.3, 0.4) is 0 Å². The van der Waals surface area contributed by atoms with Crippen LogP contribution in [0.25, 0.3) is 0 Å². The number of amides is 1. The van der Waals surface area contributed by atoms with Gasteiger partial charge in [-0.1, -0.05) is 38.3 Å². The van der Waals surface area contributed by atoms with Crippen molar-refractivity contribution >= 4 is 11.6 Å². The summed E-state index contributed by atoms with van der Waals surface area (Å²) < 4.78 is 14.0. The summed E-state index contributed by atoms with van der Waals surface area (Å²) >= 11 is 0. The number of benzene rings is 1. The lowest BCUT2D eigenvalue weighted by molar-refractivity contribution is -0.147.